The van der Waals surface area contributed by atoms with Gasteiger partial charge < -0.3 is 4.57 Å². The van der Waals surface area contributed by atoms with Crippen molar-refractivity contribution in [3.63, 3.8) is 0 Å². The van der Waals surface area contributed by atoms with Crippen molar-refractivity contribution in [2.24, 2.45) is 7.05 Å². The quantitative estimate of drug-likeness (QED) is 0.697. The zero-order chi connectivity index (χ0) is 18.5. The largest absolute Gasteiger partial charge is 0.347 e. The van der Waals surface area contributed by atoms with E-state index < -0.39 is 0 Å². The predicted molar refractivity (Wildman–Crippen MR) is 108 cm³/mol. The molecule has 0 saturated heterocycles. The molecule has 0 unspecified atom stereocenters. The van der Waals surface area contributed by atoms with Gasteiger partial charge in [-0.3, -0.25) is 14.2 Å². The zero-order valence-corrected chi connectivity index (χ0v) is 15.7. The van der Waals surface area contributed by atoms with Crippen LogP contribution in [-0.4, -0.2) is 9.13 Å². The van der Waals surface area contributed by atoms with E-state index in [1.807, 2.05) is 37.4 Å². The molecule has 2 aliphatic rings. The molecule has 0 aliphatic heterocycles. The van der Waals surface area contributed by atoms with Crippen LogP contribution < -0.4 is 11.0 Å². The first-order valence-corrected chi connectivity index (χ1v) is 10.0. The van der Waals surface area contributed by atoms with Crippen molar-refractivity contribution in [3.05, 3.63) is 73.9 Å². The van der Waals surface area contributed by atoms with Crippen LogP contribution in [-0.2, 0) is 19.9 Å². The van der Waals surface area contributed by atoms with E-state index in [2.05, 4.69) is 10.6 Å². The summed E-state index contributed by atoms with van der Waals surface area (Å²) in [6.07, 6.45) is 7.27. The molecule has 4 nitrogen and oxygen atoms in total. The Morgan fingerprint density at radius 3 is 2.41 bits per heavy atom. The molecule has 1 saturated carbocycles. The summed E-state index contributed by atoms with van der Waals surface area (Å²) in [6, 6.07) is 11.9. The molecule has 138 valence electrons. The molecule has 0 spiro atoms. The molecule has 1 fully saturated rings. The van der Waals surface area contributed by atoms with Gasteiger partial charge in [0, 0.05) is 29.7 Å². The van der Waals surface area contributed by atoms with Crippen LogP contribution in [0.2, 0.25) is 0 Å². The van der Waals surface area contributed by atoms with E-state index >= 15 is 0 Å². The summed E-state index contributed by atoms with van der Waals surface area (Å²) in [6.45, 7) is 0. The van der Waals surface area contributed by atoms with Gasteiger partial charge in [0.15, 0.2) is 5.43 Å². The lowest BCUT2D eigenvalue weighted by Gasteiger charge is -2.30. The van der Waals surface area contributed by atoms with Crippen molar-refractivity contribution < 1.29 is 0 Å². The molecule has 0 bridgehead atoms. The van der Waals surface area contributed by atoms with Crippen LogP contribution in [0.25, 0.3) is 16.6 Å². The number of benzene rings is 1. The summed E-state index contributed by atoms with van der Waals surface area (Å²) in [7, 11) is 2.02. The number of aromatic nitrogens is 2. The number of nitrogens with zero attached hydrogens (tertiary/aromatic N) is 2. The molecule has 2 aliphatic carbocycles. The van der Waals surface area contributed by atoms with E-state index in [4.69, 9.17) is 0 Å². The minimum atomic E-state index is -0.158. The van der Waals surface area contributed by atoms with Crippen molar-refractivity contribution in [2.75, 3.05) is 0 Å². The average Bonchev–Trinajstić information content (AvgIpc) is 2.65. The number of hydrogen-bond donors (Lipinski definition) is 0. The average molecular weight is 360 g/mol. The van der Waals surface area contributed by atoms with E-state index in [1.165, 1.54) is 6.42 Å². The van der Waals surface area contributed by atoms with Gasteiger partial charge in [-0.2, -0.15) is 0 Å². The van der Waals surface area contributed by atoms with E-state index in [1.54, 1.807) is 4.57 Å². The first kappa shape index (κ1) is 16.5. The predicted octanol–water partition coefficient (Wildman–Crippen LogP) is 3.84. The molecule has 0 radical (unpaired) electrons. The maximum Gasteiger partial charge on any atom is 0.268 e. The first-order valence-electron chi connectivity index (χ1n) is 10.0. The third kappa shape index (κ3) is 2.43. The first-order chi connectivity index (χ1) is 13.2. The van der Waals surface area contributed by atoms with Gasteiger partial charge in [0.25, 0.3) is 5.56 Å². The number of rotatable bonds is 2. The van der Waals surface area contributed by atoms with E-state index in [0.717, 1.165) is 66.7 Å². The monoisotopic (exact) mass is 360 g/mol. The fourth-order valence-electron chi connectivity index (χ4n) is 4.74. The van der Waals surface area contributed by atoms with Gasteiger partial charge in [0.05, 0.1) is 5.52 Å². The van der Waals surface area contributed by atoms with Gasteiger partial charge in [-0.1, -0.05) is 24.6 Å². The molecule has 1 aromatic carbocycles. The Labute approximate surface area is 158 Å². The highest BCUT2D eigenvalue weighted by Crippen LogP contribution is 2.37. The highest BCUT2D eigenvalue weighted by atomic mass is 16.1. The van der Waals surface area contributed by atoms with E-state index in [-0.39, 0.29) is 11.0 Å². The number of hydrogen-bond acceptors (Lipinski definition) is 2. The van der Waals surface area contributed by atoms with Crippen LogP contribution >= 0.6 is 0 Å². The smallest absolute Gasteiger partial charge is 0.268 e. The topological polar surface area (TPSA) is 44.0 Å². The standard InChI is InChI=1S/C23H24N2O2/c1-24-18-13-6-5-12-17(18)22(26)21-20(24)14-19(15-8-7-9-15)25(23(21)27)16-10-3-2-4-11-16/h2-4,10-11,14-15H,5-9,12-13H2,1H3. The molecule has 4 heteroatoms. The summed E-state index contributed by atoms with van der Waals surface area (Å²) >= 11 is 0. The molecular weight excluding hydrogens is 336 g/mol. The van der Waals surface area contributed by atoms with Gasteiger partial charge >= 0.3 is 0 Å². The summed E-state index contributed by atoms with van der Waals surface area (Å²) in [5.74, 6) is 0.397. The molecule has 3 aromatic rings. The minimum Gasteiger partial charge on any atom is -0.347 e. The highest BCUT2D eigenvalue weighted by molar-refractivity contribution is 5.80. The number of pyridine rings is 2. The number of para-hydroxylation sites is 1. The second-order valence-corrected chi connectivity index (χ2v) is 7.95. The molecule has 27 heavy (non-hydrogen) atoms. The molecule has 2 heterocycles. The van der Waals surface area contributed by atoms with Crippen molar-refractivity contribution in [3.8, 4) is 5.69 Å². The maximum atomic E-state index is 13.6. The Morgan fingerprint density at radius 2 is 1.70 bits per heavy atom. The summed E-state index contributed by atoms with van der Waals surface area (Å²) < 4.78 is 3.91. The fourth-order valence-corrected chi connectivity index (χ4v) is 4.74. The third-order valence-corrected chi connectivity index (χ3v) is 6.46. The van der Waals surface area contributed by atoms with Gasteiger partial charge in [0.1, 0.15) is 5.39 Å². The van der Waals surface area contributed by atoms with E-state index in [9.17, 15) is 9.59 Å². The van der Waals surface area contributed by atoms with Crippen molar-refractivity contribution >= 4 is 10.9 Å². The Kier molecular flexibility index (Phi) is 3.81. The second-order valence-electron chi connectivity index (χ2n) is 7.95. The fraction of sp³-hybridized carbons (Fsp3) is 0.391. The van der Waals surface area contributed by atoms with Crippen LogP contribution in [0.4, 0.5) is 0 Å². The van der Waals surface area contributed by atoms with Gasteiger partial charge in [0.2, 0.25) is 0 Å². The summed E-state index contributed by atoms with van der Waals surface area (Å²) in [5.41, 5.74) is 4.48. The highest BCUT2D eigenvalue weighted by Gasteiger charge is 2.27. The third-order valence-electron chi connectivity index (χ3n) is 6.46. The van der Waals surface area contributed by atoms with Crippen LogP contribution in [0.5, 0.6) is 0 Å². The molecule has 0 N–H and O–H groups in total. The SMILES string of the molecule is Cn1c2c(c(=O)c3c(=O)n(-c4ccccc4)c(C4CCC4)cc31)CCCC2. The van der Waals surface area contributed by atoms with Crippen LogP contribution in [0.3, 0.4) is 0 Å². The summed E-state index contributed by atoms with van der Waals surface area (Å²) in [4.78, 5) is 26.9. The summed E-state index contributed by atoms with van der Waals surface area (Å²) in [5, 5.41) is 0.352. The van der Waals surface area contributed by atoms with E-state index in [0.29, 0.717) is 11.3 Å². The lowest BCUT2D eigenvalue weighted by Crippen LogP contribution is -2.32. The normalized spacial score (nSPS) is 16.9. The van der Waals surface area contributed by atoms with Crippen LogP contribution in [0, 0.1) is 0 Å². The number of fused-ring (bicyclic) bond motifs is 2. The number of aryl methyl sites for hydroxylation is 1. The molecule has 2 aromatic heterocycles. The molecular formula is C23H24N2O2. The van der Waals surface area contributed by atoms with Crippen molar-refractivity contribution in [1.29, 1.82) is 0 Å². The van der Waals surface area contributed by atoms with Gasteiger partial charge in [-0.15, -0.1) is 0 Å². The molecule has 5 rings (SSSR count). The van der Waals surface area contributed by atoms with Crippen LogP contribution in [0.1, 0.15) is 55.0 Å². The lowest BCUT2D eigenvalue weighted by atomic mass is 9.82. The van der Waals surface area contributed by atoms with Crippen molar-refractivity contribution in [1.82, 2.24) is 9.13 Å². The Bertz CT molecular complexity index is 1150. The molecule has 0 amide bonds. The van der Waals surface area contributed by atoms with Gasteiger partial charge in [-0.05, 0) is 62.6 Å². The Hall–Kier alpha value is -2.62. The van der Waals surface area contributed by atoms with Crippen molar-refractivity contribution in [2.45, 2.75) is 50.9 Å². The zero-order valence-electron chi connectivity index (χ0n) is 15.7. The second kappa shape index (κ2) is 6.22. The van der Waals surface area contributed by atoms with Crippen LogP contribution in [0.15, 0.2) is 46.0 Å². The molecule has 0 atom stereocenters. The minimum absolute atomic E-state index is 0.0485. The maximum absolute atomic E-state index is 13.6. The Morgan fingerprint density at radius 1 is 0.963 bits per heavy atom. The van der Waals surface area contributed by atoms with Gasteiger partial charge in [-0.25, -0.2) is 0 Å². The Balaban J connectivity index is 1.92. The lowest BCUT2D eigenvalue weighted by molar-refractivity contribution is 0.404.